The summed E-state index contributed by atoms with van der Waals surface area (Å²) in [6.07, 6.45) is 0.855. The van der Waals surface area contributed by atoms with Gasteiger partial charge in [0.1, 0.15) is 0 Å². The summed E-state index contributed by atoms with van der Waals surface area (Å²) < 4.78 is 2.56. The minimum Gasteiger partial charge on any atom is -0.311 e. The third kappa shape index (κ3) is 2.91. The van der Waals surface area contributed by atoms with Crippen molar-refractivity contribution in [1.82, 2.24) is 20.3 Å². The van der Waals surface area contributed by atoms with E-state index in [9.17, 15) is 0 Å². The summed E-state index contributed by atoms with van der Waals surface area (Å²) in [6.45, 7) is 0. The van der Waals surface area contributed by atoms with Crippen LogP contribution in [0.15, 0.2) is 28.9 Å². The van der Waals surface area contributed by atoms with Gasteiger partial charge in [0.25, 0.3) is 0 Å². The van der Waals surface area contributed by atoms with Crippen molar-refractivity contribution in [2.24, 2.45) is 7.05 Å². The summed E-state index contributed by atoms with van der Waals surface area (Å²) >= 11 is 9.31. The van der Waals surface area contributed by atoms with Crippen LogP contribution in [0.1, 0.15) is 17.3 Å². The average Bonchev–Trinajstić information content (AvgIpc) is 2.69. The summed E-state index contributed by atoms with van der Waals surface area (Å²) in [7, 11) is 3.82. The van der Waals surface area contributed by atoms with E-state index in [1.165, 1.54) is 5.56 Å². The molecule has 0 saturated carbocycles. The number of aryl methyl sites for hydroxylation is 1. The Balaban J connectivity index is 2.22. The zero-order valence-electron chi connectivity index (χ0n) is 10.2. The quantitative estimate of drug-likeness (QED) is 0.938. The molecule has 96 valence electrons. The lowest BCUT2D eigenvalue weighted by molar-refractivity contribution is 0.533. The summed E-state index contributed by atoms with van der Waals surface area (Å²) in [5.74, 6) is 0. The third-order valence-corrected chi connectivity index (χ3v) is 3.68. The second kappa shape index (κ2) is 5.82. The molecule has 0 spiro atoms. The van der Waals surface area contributed by atoms with Gasteiger partial charge in [0.05, 0.1) is 11.7 Å². The number of rotatable bonds is 4. The molecule has 1 heterocycles. The largest absolute Gasteiger partial charge is 0.311 e. The molecule has 0 fully saturated rings. The Kier molecular flexibility index (Phi) is 4.37. The summed E-state index contributed by atoms with van der Waals surface area (Å²) in [6, 6.07) is 8.02. The van der Waals surface area contributed by atoms with Crippen molar-refractivity contribution in [2.45, 2.75) is 12.5 Å². The summed E-state index contributed by atoms with van der Waals surface area (Å²) in [5.41, 5.74) is 2.25. The Morgan fingerprint density at radius 3 is 2.56 bits per heavy atom. The van der Waals surface area contributed by atoms with E-state index in [2.05, 4.69) is 31.6 Å². The zero-order valence-corrected chi connectivity index (χ0v) is 12.5. The summed E-state index contributed by atoms with van der Waals surface area (Å²) in [4.78, 5) is 0. The van der Waals surface area contributed by atoms with Gasteiger partial charge in [-0.2, -0.15) is 0 Å². The van der Waals surface area contributed by atoms with Crippen LogP contribution in [0.5, 0.6) is 0 Å². The first-order chi connectivity index (χ1) is 8.61. The molecule has 1 aromatic heterocycles. The average molecular weight is 330 g/mol. The van der Waals surface area contributed by atoms with E-state index in [1.807, 2.05) is 38.4 Å². The van der Waals surface area contributed by atoms with Crippen LogP contribution in [0.3, 0.4) is 0 Å². The SMILES string of the molecule is CNC(Cc1ccc(Cl)cc1)c1c(Br)nnn1C. The lowest BCUT2D eigenvalue weighted by atomic mass is 10.0. The second-order valence-electron chi connectivity index (χ2n) is 4.06. The molecule has 0 bridgehead atoms. The lowest BCUT2D eigenvalue weighted by Gasteiger charge is -2.16. The van der Waals surface area contributed by atoms with Crippen molar-refractivity contribution < 1.29 is 0 Å². The van der Waals surface area contributed by atoms with Gasteiger partial charge in [-0.25, -0.2) is 4.68 Å². The molecule has 1 N–H and O–H groups in total. The molecule has 18 heavy (non-hydrogen) atoms. The van der Waals surface area contributed by atoms with Gasteiger partial charge in [0, 0.05) is 12.1 Å². The molecule has 6 heteroatoms. The molecule has 1 unspecified atom stereocenters. The highest BCUT2D eigenvalue weighted by atomic mass is 79.9. The maximum atomic E-state index is 5.88. The van der Waals surface area contributed by atoms with Crippen LogP contribution >= 0.6 is 27.5 Å². The minimum absolute atomic E-state index is 0.153. The van der Waals surface area contributed by atoms with E-state index in [1.54, 1.807) is 4.68 Å². The number of likely N-dealkylation sites (N-methyl/N-ethyl adjacent to an activating group) is 1. The first-order valence-electron chi connectivity index (χ1n) is 5.58. The van der Waals surface area contributed by atoms with Crippen LogP contribution in [-0.2, 0) is 13.5 Å². The van der Waals surface area contributed by atoms with E-state index >= 15 is 0 Å². The number of hydrogen-bond acceptors (Lipinski definition) is 3. The number of hydrogen-bond donors (Lipinski definition) is 1. The van der Waals surface area contributed by atoms with Crippen molar-refractivity contribution in [2.75, 3.05) is 7.05 Å². The first-order valence-corrected chi connectivity index (χ1v) is 6.75. The molecule has 0 aliphatic carbocycles. The van der Waals surface area contributed by atoms with Gasteiger partial charge in [-0.15, -0.1) is 5.10 Å². The van der Waals surface area contributed by atoms with E-state index < -0.39 is 0 Å². The maximum absolute atomic E-state index is 5.88. The minimum atomic E-state index is 0.153. The number of nitrogens with zero attached hydrogens (tertiary/aromatic N) is 3. The maximum Gasteiger partial charge on any atom is 0.153 e. The van der Waals surface area contributed by atoms with Crippen molar-refractivity contribution in [3.05, 3.63) is 45.1 Å². The fourth-order valence-electron chi connectivity index (χ4n) is 1.90. The van der Waals surface area contributed by atoms with Crippen LogP contribution in [0.25, 0.3) is 0 Å². The Morgan fingerprint density at radius 1 is 1.39 bits per heavy atom. The number of halogens is 2. The molecule has 0 aliphatic rings. The van der Waals surface area contributed by atoms with Crippen LogP contribution in [0.4, 0.5) is 0 Å². The molecule has 2 rings (SSSR count). The standard InChI is InChI=1S/C12H14BrClN4/c1-15-10(11-12(13)16-17-18(11)2)7-8-3-5-9(14)6-4-8/h3-6,10,15H,7H2,1-2H3. The van der Waals surface area contributed by atoms with E-state index in [-0.39, 0.29) is 6.04 Å². The van der Waals surface area contributed by atoms with Crippen LogP contribution < -0.4 is 5.32 Å². The van der Waals surface area contributed by atoms with Gasteiger partial charge >= 0.3 is 0 Å². The molecule has 0 aliphatic heterocycles. The molecule has 1 aromatic carbocycles. The Bertz CT molecular complexity index is 504. The molecular weight excluding hydrogens is 316 g/mol. The molecule has 0 saturated heterocycles. The molecule has 0 amide bonds. The Labute approximate surface area is 119 Å². The number of benzene rings is 1. The van der Waals surface area contributed by atoms with Crippen LogP contribution in [-0.4, -0.2) is 22.0 Å². The summed E-state index contributed by atoms with van der Waals surface area (Å²) in [5, 5.41) is 12.0. The Hall–Kier alpha value is -0.910. The highest BCUT2D eigenvalue weighted by molar-refractivity contribution is 9.10. The smallest absolute Gasteiger partial charge is 0.153 e. The Morgan fingerprint density at radius 2 is 2.06 bits per heavy atom. The topological polar surface area (TPSA) is 42.7 Å². The van der Waals surface area contributed by atoms with Gasteiger partial charge in [-0.1, -0.05) is 28.9 Å². The molecular formula is C12H14BrClN4. The fourth-order valence-corrected chi connectivity index (χ4v) is 2.63. The van der Waals surface area contributed by atoms with Crippen molar-refractivity contribution in [3.63, 3.8) is 0 Å². The predicted octanol–water partition coefficient (Wildman–Crippen LogP) is 2.73. The van der Waals surface area contributed by atoms with Crippen molar-refractivity contribution in [3.8, 4) is 0 Å². The van der Waals surface area contributed by atoms with E-state index in [0.29, 0.717) is 0 Å². The fraction of sp³-hybridized carbons (Fsp3) is 0.333. The molecule has 1 atom stereocenters. The van der Waals surface area contributed by atoms with Crippen LogP contribution in [0, 0.1) is 0 Å². The van der Waals surface area contributed by atoms with E-state index in [0.717, 1.165) is 21.7 Å². The zero-order chi connectivity index (χ0) is 13.1. The number of aromatic nitrogens is 3. The first kappa shape index (κ1) is 13.5. The predicted molar refractivity (Wildman–Crippen MR) is 75.7 cm³/mol. The second-order valence-corrected chi connectivity index (χ2v) is 5.25. The highest BCUT2D eigenvalue weighted by Gasteiger charge is 2.18. The van der Waals surface area contributed by atoms with Gasteiger partial charge < -0.3 is 5.32 Å². The normalized spacial score (nSPS) is 12.7. The van der Waals surface area contributed by atoms with Gasteiger partial charge in [-0.05, 0) is 47.1 Å². The van der Waals surface area contributed by atoms with Gasteiger partial charge in [0.15, 0.2) is 4.60 Å². The van der Waals surface area contributed by atoms with E-state index in [4.69, 9.17) is 11.6 Å². The molecule has 0 radical (unpaired) electrons. The van der Waals surface area contributed by atoms with Gasteiger partial charge in [0.2, 0.25) is 0 Å². The molecule has 4 nitrogen and oxygen atoms in total. The van der Waals surface area contributed by atoms with Gasteiger partial charge in [-0.3, -0.25) is 0 Å². The highest BCUT2D eigenvalue weighted by Crippen LogP contribution is 2.24. The number of nitrogens with one attached hydrogen (secondary N) is 1. The van der Waals surface area contributed by atoms with Crippen molar-refractivity contribution >= 4 is 27.5 Å². The molecule has 2 aromatic rings. The monoisotopic (exact) mass is 328 g/mol. The lowest BCUT2D eigenvalue weighted by Crippen LogP contribution is -2.22. The third-order valence-electron chi connectivity index (χ3n) is 2.86. The van der Waals surface area contributed by atoms with Crippen molar-refractivity contribution in [1.29, 1.82) is 0 Å². The van der Waals surface area contributed by atoms with Crippen LogP contribution in [0.2, 0.25) is 5.02 Å².